The van der Waals surface area contributed by atoms with Gasteiger partial charge in [-0.05, 0) is 30.3 Å². The second-order valence-corrected chi connectivity index (χ2v) is 6.18. The Morgan fingerprint density at radius 3 is 2.26 bits per heavy atom. The summed E-state index contributed by atoms with van der Waals surface area (Å²) in [6.07, 6.45) is 0. The van der Waals surface area contributed by atoms with Crippen LogP contribution in [0, 0.1) is 0 Å². The molecule has 0 aliphatic carbocycles. The Morgan fingerprint density at radius 1 is 0.926 bits per heavy atom. The first-order chi connectivity index (χ1) is 13.0. The van der Waals surface area contributed by atoms with Crippen molar-refractivity contribution in [2.24, 2.45) is 0 Å². The highest BCUT2D eigenvalue weighted by molar-refractivity contribution is 5.91. The van der Waals surface area contributed by atoms with E-state index in [1.54, 1.807) is 45.5 Å². The number of quaternary nitrogens is 1. The maximum Gasteiger partial charge on any atom is 0.279 e. The molecule has 0 saturated heterocycles. The van der Waals surface area contributed by atoms with Crippen LogP contribution in [-0.4, -0.2) is 46.2 Å². The number of rotatable bonds is 9. The van der Waals surface area contributed by atoms with Crippen LogP contribution >= 0.6 is 0 Å². The Balaban J connectivity index is 1.75. The number of nitrogens with one attached hydrogen (secondary N) is 3. The van der Waals surface area contributed by atoms with Gasteiger partial charge in [0.15, 0.2) is 13.1 Å². The third-order valence-electron chi connectivity index (χ3n) is 3.97. The molecular formula is C20H26N3O4+. The van der Waals surface area contributed by atoms with E-state index in [2.05, 4.69) is 10.6 Å². The van der Waals surface area contributed by atoms with E-state index in [0.717, 1.165) is 22.0 Å². The second kappa shape index (κ2) is 10.2. The highest BCUT2D eigenvalue weighted by Gasteiger charge is 2.14. The molecule has 0 aliphatic rings. The maximum atomic E-state index is 12.1. The molecule has 0 aromatic heterocycles. The van der Waals surface area contributed by atoms with E-state index in [-0.39, 0.29) is 24.9 Å². The number of amides is 2. The first-order valence-electron chi connectivity index (χ1n) is 8.65. The van der Waals surface area contributed by atoms with E-state index in [0.29, 0.717) is 12.2 Å². The van der Waals surface area contributed by atoms with Gasteiger partial charge >= 0.3 is 0 Å². The van der Waals surface area contributed by atoms with Crippen LogP contribution < -0.4 is 25.0 Å². The standard InChI is InChI=1S/C20H25N3O4/c1-23(14-20(25)22-16-8-10-17(26-2)11-9-16)13-19(24)21-12-15-6-4-5-7-18(15)27-3/h4-11H,12-14H2,1-3H3,(H,21,24)(H,22,25)/p+1. The van der Waals surface area contributed by atoms with Crippen molar-refractivity contribution in [1.29, 1.82) is 0 Å². The van der Waals surface area contributed by atoms with Crippen molar-refractivity contribution in [2.45, 2.75) is 6.54 Å². The summed E-state index contributed by atoms with van der Waals surface area (Å²) in [6, 6.07) is 14.6. The van der Waals surface area contributed by atoms with Gasteiger partial charge in [-0.25, -0.2) is 0 Å². The molecule has 0 aliphatic heterocycles. The Kier molecular flexibility index (Phi) is 7.63. The van der Waals surface area contributed by atoms with E-state index in [4.69, 9.17) is 9.47 Å². The van der Waals surface area contributed by atoms with E-state index < -0.39 is 0 Å². The van der Waals surface area contributed by atoms with Gasteiger partial charge < -0.3 is 25.0 Å². The first-order valence-corrected chi connectivity index (χ1v) is 8.65. The van der Waals surface area contributed by atoms with Crippen molar-refractivity contribution in [1.82, 2.24) is 5.32 Å². The molecule has 2 aromatic rings. The number of anilines is 1. The van der Waals surface area contributed by atoms with Gasteiger partial charge in [0.2, 0.25) is 0 Å². The predicted molar refractivity (Wildman–Crippen MR) is 103 cm³/mol. The zero-order chi connectivity index (χ0) is 19.6. The minimum atomic E-state index is -0.157. The number of benzene rings is 2. The fourth-order valence-electron chi connectivity index (χ4n) is 2.60. The predicted octanol–water partition coefficient (Wildman–Crippen LogP) is 0.473. The van der Waals surface area contributed by atoms with Gasteiger partial charge in [-0.3, -0.25) is 9.59 Å². The average Bonchev–Trinajstić information content (AvgIpc) is 2.66. The third-order valence-corrected chi connectivity index (χ3v) is 3.97. The van der Waals surface area contributed by atoms with Crippen LogP contribution in [0.1, 0.15) is 5.56 Å². The Labute approximate surface area is 159 Å². The minimum Gasteiger partial charge on any atom is -0.497 e. The summed E-state index contributed by atoms with van der Waals surface area (Å²) in [6.45, 7) is 0.771. The van der Waals surface area contributed by atoms with Crippen molar-refractivity contribution in [2.75, 3.05) is 39.7 Å². The minimum absolute atomic E-state index is 0.129. The molecule has 144 valence electrons. The Morgan fingerprint density at radius 2 is 1.59 bits per heavy atom. The highest BCUT2D eigenvalue weighted by atomic mass is 16.5. The molecular weight excluding hydrogens is 346 g/mol. The van der Waals surface area contributed by atoms with Crippen LogP contribution in [-0.2, 0) is 16.1 Å². The highest BCUT2D eigenvalue weighted by Crippen LogP contribution is 2.16. The number of methoxy groups -OCH3 is 2. The van der Waals surface area contributed by atoms with Crippen LogP contribution in [0.5, 0.6) is 11.5 Å². The van der Waals surface area contributed by atoms with Crippen molar-refractivity contribution in [3.05, 3.63) is 54.1 Å². The van der Waals surface area contributed by atoms with Crippen LogP contribution in [0.3, 0.4) is 0 Å². The largest absolute Gasteiger partial charge is 0.497 e. The van der Waals surface area contributed by atoms with Crippen molar-refractivity contribution >= 4 is 17.5 Å². The lowest BCUT2D eigenvalue weighted by Gasteiger charge is -2.14. The number of likely N-dealkylation sites (N-methyl/N-ethyl adjacent to an activating group) is 1. The molecule has 0 fully saturated rings. The zero-order valence-corrected chi connectivity index (χ0v) is 15.9. The lowest BCUT2D eigenvalue weighted by atomic mass is 10.2. The van der Waals surface area contributed by atoms with Crippen LogP contribution in [0.25, 0.3) is 0 Å². The summed E-state index contributed by atoms with van der Waals surface area (Å²) in [4.78, 5) is 25.0. The van der Waals surface area contributed by atoms with Gasteiger partial charge in [-0.2, -0.15) is 0 Å². The number of carbonyl (C=O) groups excluding carboxylic acids is 2. The first kappa shape index (κ1) is 20.3. The molecule has 0 heterocycles. The number of hydrogen-bond donors (Lipinski definition) is 3. The summed E-state index contributed by atoms with van der Waals surface area (Å²) >= 11 is 0. The Bertz CT molecular complexity index is 762. The number of ether oxygens (including phenoxy) is 2. The fraction of sp³-hybridized carbons (Fsp3) is 0.300. The summed E-state index contributed by atoms with van der Waals surface area (Å²) in [5.74, 6) is 1.17. The zero-order valence-electron chi connectivity index (χ0n) is 15.9. The molecule has 7 heteroatoms. The molecule has 0 bridgehead atoms. The number of hydrogen-bond acceptors (Lipinski definition) is 4. The molecule has 1 atom stereocenters. The molecule has 2 rings (SSSR count). The van der Waals surface area contributed by atoms with Crippen molar-refractivity contribution < 1.29 is 24.0 Å². The SMILES string of the molecule is COc1ccc(NC(=O)C[NH+](C)CC(=O)NCc2ccccc2OC)cc1. The van der Waals surface area contributed by atoms with Crippen LogP contribution in [0.15, 0.2) is 48.5 Å². The molecule has 0 saturated carbocycles. The quantitative estimate of drug-likeness (QED) is 0.598. The van der Waals surface area contributed by atoms with Crippen molar-refractivity contribution in [3.63, 3.8) is 0 Å². The summed E-state index contributed by atoms with van der Waals surface area (Å²) in [5.41, 5.74) is 1.59. The maximum absolute atomic E-state index is 12.1. The molecule has 2 amide bonds. The normalized spacial score (nSPS) is 11.4. The van der Waals surface area contributed by atoms with Gasteiger partial charge in [-0.15, -0.1) is 0 Å². The topological polar surface area (TPSA) is 81.1 Å². The summed E-state index contributed by atoms with van der Waals surface area (Å²) in [7, 11) is 4.99. The third kappa shape index (κ3) is 6.63. The van der Waals surface area contributed by atoms with Crippen LogP contribution in [0.2, 0.25) is 0 Å². The molecule has 0 radical (unpaired) electrons. The molecule has 7 nitrogen and oxygen atoms in total. The van der Waals surface area contributed by atoms with Gasteiger partial charge in [0.05, 0.1) is 21.3 Å². The lowest BCUT2D eigenvalue weighted by Crippen LogP contribution is -3.11. The van der Waals surface area contributed by atoms with E-state index >= 15 is 0 Å². The monoisotopic (exact) mass is 372 g/mol. The molecule has 0 spiro atoms. The van der Waals surface area contributed by atoms with Gasteiger partial charge in [0, 0.05) is 17.8 Å². The second-order valence-electron chi connectivity index (χ2n) is 6.18. The van der Waals surface area contributed by atoms with Gasteiger partial charge in [0.1, 0.15) is 11.5 Å². The molecule has 1 unspecified atom stereocenters. The summed E-state index contributed by atoms with van der Waals surface area (Å²) in [5, 5.41) is 5.66. The van der Waals surface area contributed by atoms with E-state index in [1.807, 2.05) is 24.3 Å². The Hall–Kier alpha value is -3.06. The molecule has 3 N–H and O–H groups in total. The van der Waals surface area contributed by atoms with Gasteiger partial charge in [0.25, 0.3) is 11.8 Å². The fourth-order valence-corrected chi connectivity index (χ4v) is 2.60. The molecule has 2 aromatic carbocycles. The smallest absolute Gasteiger partial charge is 0.279 e. The molecule has 27 heavy (non-hydrogen) atoms. The lowest BCUT2D eigenvalue weighted by molar-refractivity contribution is -0.862. The van der Waals surface area contributed by atoms with Gasteiger partial charge in [-0.1, -0.05) is 18.2 Å². The van der Waals surface area contributed by atoms with Crippen LogP contribution in [0.4, 0.5) is 5.69 Å². The summed E-state index contributed by atoms with van der Waals surface area (Å²) < 4.78 is 10.3. The average molecular weight is 372 g/mol. The van der Waals surface area contributed by atoms with E-state index in [1.165, 1.54) is 0 Å². The van der Waals surface area contributed by atoms with E-state index in [9.17, 15) is 9.59 Å². The number of carbonyl (C=O) groups is 2. The van der Waals surface area contributed by atoms with Crippen molar-refractivity contribution in [3.8, 4) is 11.5 Å². The number of para-hydroxylation sites is 1.